The Kier molecular flexibility index (Phi) is 5.93. The second-order valence-electron chi connectivity index (χ2n) is 6.57. The van der Waals surface area contributed by atoms with Gasteiger partial charge in [-0.05, 0) is 43.9 Å². The summed E-state index contributed by atoms with van der Waals surface area (Å²) in [6.07, 6.45) is -0.692. The maximum absolute atomic E-state index is 12.4. The predicted molar refractivity (Wildman–Crippen MR) is 102 cm³/mol. The number of nitrogens with one attached hydrogen (secondary N) is 2. The highest BCUT2D eigenvalue weighted by Crippen LogP contribution is 2.30. The van der Waals surface area contributed by atoms with Gasteiger partial charge in [-0.1, -0.05) is 24.3 Å². The van der Waals surface area contributed by atoms with Crippen molar-refractivity contribution in [1.29, 1.82) is 0 Å². The maximum atomic E-state index is 12.4. The number of hydrogen-bond donors (Lipinski definition) is 2. The number of hydrogen-bond acceptors (Lipinski definition) is 5. The molecule has 0 aromatic heterocycles. The Morgan fingerprint density at radius 1 is 1.11 bits per heavy atom. The van der Waals surface area contributed by atoms with E-state index in [4.69, 9.17) is 9.47 Å². The molecule has 0 radical (unpaired) electrons. The van der Waals surface area contributed by atoms with Gasteiger partial charge in [0.15, 0.2) is 11.5 Å². The molecule has 0 aliphatic carbocycles. The third kappa shape index (κ3) is 5.21. The fraction of sp³-hybridized carbons (Fsp3) is 0.300. The normalized spacial score (nSPS) is 15.3. The molecule has 2 aromatic rings. The van der Waals surface area contributed by atoms with Gasteiger partial charge < -0.3 is 25.0 Å². The molecule has 1 aliphatic rings. The minimum Gasteiger partial charge on any atom is -0.485 e. The number of likely N-dealkylation sites (N-methyl/N-ethyl adjacent to an activating group) is 1. The summed E-state index contributed by atoms with van der Waals surface area (Å²) in [5.41, 5.74) is 1.57. The molecule has 0 bridgehead atoms. The van der Waals surface area contributed by atoms with Gasteiger partial charge in [-0.3, -0.25) is 9.59 Å². The molecule has 1 aliphatic heterocycles. The third-order valence-corrected chi connectivity index (χ3v) is 3.94. The summed E-state index contributed by atoms with van der Waals surface area (Å²) < 4.78 is 11.3. The minimum atomic E-state index is -0.692. The molecular weight excluding hydrogens is 346 g/mol. The molecule has 0 saturated heterocycles. The van der Waals surface area contributed by atoms with E-state index in [-0.39, 0.29) is 18.4 Å². The Hall–Kier alpha value is -3.06. The van der Waals surface area contributed by atoms with Crippen LogP contribution in [0.15, 0.2) is 48.5 Å². The van der Waals surface area contributed by atoms with Crippen molar-refractivity contribution in [3.63, 3.8) is 0 Å². The molecule has 2 aromatic carbocycles. The van der Waals surface area contributed by atoms with E-state index in [1.54, 1.807) is 17.0 Å². The molecule has 7 nitrogen and oxygen atoms in total. The van der Waals surface area contributed by atoms with Crippen molar-refractivity contribution in [3.8, 4) is 11.5 Å². The lowest BCUT2D eigenvalue weighted by atomic mass is 10.2. The van der Waals surface area contributed by atoms with Crippen molar-refractivity contribution in [2.45, 2.75) is 12.6 Å². The minimum absolute atomic E-state index is 0.0902. The van der Waals surface area contributed by atoms with Gasteiger partial charge in [0.25, 0.3) is 5.91 Å². The number of para-hydroxylation sites is 2. The largest absolute Gasteiger partial charge is 0.485 e. The topological polar surface area (TPSA) is 79.9 Å². The Labute approximate surface area is 158 Å². The number of fused-ring (bicyclic) bond motifs is 1. The summed E-state index contributed by atoms with van der Waals surface area (Å²) in [5.74, 6) is 0.872. The zero-order valence-corrected chi connectivity index (χ0v) is 15.4. The highest BCUT2D eigenvalue weighted by Gasteiger charge is 2.26. The van der Waals surface area contributed by atoms with E-state index in [2.05, 4.69) is 10.6 Å². The molecule has 1 heterocycles. The average molecular weight is 369 g/mol. The summed E-state index contributed by atoms with van der Waals surface area (Å²) in [6.45, 7) is 0.808. The zero-order chi connectivity index (χ0) is 19.2. The van der Waals surface area contributed by atoms with E-state index in [9.17, 15) is 9.59 Å². The first-order chi connectivity index (χ1) is 13.0. The molecule has 1 unspecified atom stereocenters. The standard InChI is InChI=1S/C20H23N3O4/c1-23(2)12-19(24)22-15-7-5-6-14(10-15)11-21-20(25)18-13-26-16-8-3-4-9-17(16)27-18/h3-10,18H,11-13H2,1-2H3,(H,21,25)(H,22,24). The molecule has 2 amide bonds. The van der Waals surface area contributed by atoms with Crippen LogP contribution in [-0.2, 0) is 16.1 Å². The van der Waals surface area contributed by atoms with Crippen molar-refractivity contribution >= 4 is 17.5 Å². The van der Waals surface area contributed by atoms with Gasteiger partial charge in [0.2, 0.25) is 12.0 Å². The van der Waals surface area contributed by atoms with Crippen LogP contribution in [-0.4, -0.2) is 50.1 Å². The molecule has 7 heteroatoms. The smallest absolute Gasteiger partial charge is 0.264 e. The van der Waals surface area contributed by atoms with Crippen LogP contribution in [0, 0.1) is 0 Å². The van der Waals surface area contributed by atoms with E-state index in [1.807, 2.05) is 50.5 Å². The van der Waals surface area contributed by atoms with Crippen LogP contribution in [0.3, 0.4) is 0 Å². The monoisotopic (exact) mass is 369 g/mol. The Bertz CT molecular complexity index is 822. The first-order valence-corrected chi connectivity index (χ1v) is 8.71. The van der Waals surface area contributed by atoms with E-state index in [0.29, 0.717) is 30.3 Å². The molecule has 0 saturated carbocycles. The molecule has 3 rings (SSSR count). The Balaban J connectivity index is 1.53. The van der Waals surface area contributed by atoms with Crippen molar-refractivity contribution < 1.29 is 19.1 Å². The lowest BCUT2D eigenvalue weighted by molar-refractivity contribution is -0.130. The van der Waals surface area contributed by atoms with E-state index in [1.165, 1.54) is 0 Å². The second kappa shape index (κ2) is 8.55. The molecule has 2 N–H and O–H groups in total. The van der Waals surface area contributed by atoms with Crippen LogP contribution in [0.2, 0.25) is 0 Å². The lowest BCUT2D eigenvalue weighted by Crippen LogP contribution is -2.43. The first-order valence-electron chi connectivity index (χ1n) is 8.71. The van der Waals surface area contributed by atoms with Gasteiger partial charge in [-0.25, -0.2) is 0 Å². The molecule has 142 valence electrons. The van der Waals surface area contributed by atoms with Crippen molar-refractivity contribution in [2.75, 3.05) is 32.6 Å². The van der Waals surface area contributed by atoms with Crippen LogP contribution < -0.4 is 20.1 Å². The number of carbonyl (C=O) groups excluding carboxylic acids is 2. The van der Waals surface area contributed by atoms with E-state index < -0.39 is 6.10 Å². The number of benzene rings is 2. The van der Waals surface area contributed by atoms with Gasteiger partial charge in [0.05, 0.1) is 6.54 Å². The van der Waals surface area contributed by atoms with Crippen molar-refractivity contribution in [2.24, 2.45) is 0 Å². The highest BCUT2D eigenvalue weighted by molar-refractivity contribution is 5.92. The molecule has 1 atom stereocenters. The van der Waals surface area contributed by atoms with Gasteiger partial charge >= 0.3 is 0 Å². The number of ether oxygens (including phenoxy) is 2. The quantitative estimate of drug-likeness (QED) is 0.809. The van der Waals surface area contributed by atoms with Crippen molar-refractivity contribution in [1.82, 2.24) is 10.2 Å². The Morgan fingerprint density at radius 2 is 1.89 bits per heavy atom. The first kappa shape index (κ1) is 18.7. The SMILES string of the molecule is CN(C)CC(=O)Nc1cccc(CNC(=O)C2COc3ccccc3O2)c1. The van der Waals surface area contributed by atoms with Crippen LogP contribution in [0.1, 0.15) is 5.56 Å². The van der Waals surface area contributed by atoms with Gasteiger partial charge in [0, 0.05) is 12.2 Å². The van der Waals surface area contributed by atoms with Crippen LogP contribution in [0.25, 0.3) is 0 Å². The van der Waals surface area contributed by atoms with Crippen LogP contribution >= 0.6 is 0 Å². The van der Waals surface area contributed by atoms with E-state index >= 15 is 0 Å². The zero-order valence-electron chi connectivity index (χ0n) is 15.4. The van der Waals surface area contributed by atoms with Crippen LogP contribution in [0.5, 0.6) is 11.5 Å². The fourth-order valence-corrected chi connectivity index (χ4v) is 2.70. The highest BCUT2D eigenvalue weighted by atomic mass is 16.6. The fourth-order valence-electron chi connectivity index (χ4n) is 2.70. The summed E-state index contributed by atoms with van der Waals surface area (Å²) in [4.78, 5) is 26.0. The molecule has 0 fully saturated rings. The summed E-state index contributed by atoms with van der Waals surface area (Å²) in [7, 11) is 3.67. The molecule has 0 spiro atoms. The molecule has 27 heavy (non-hydrogen) atoms. The third-order valence-electron chi connectivity index (χ3n) is 3.94. The van der Waals surface area contributed by atoms with Crippen molar-refractivity contribution in [3.05, 3.63) is 54.1 Å². The number of anilines is 1. The number of nitrogens with zero attached hydrogens (tertiary/aromatic N) is 1. The maximum Gasteiger partial charge on any atom is 0.264 e. The van der Waals surface area contributed by atoms with Gasteiger partial charge in [0.1, 0.15) is 6.61 Å². The average Bonchev–Trinajstić information content (AvgIpc) is 2.65. The lowest BCUT2D eigenvalue weighted by Gasteiger charge is -2.25. The van der Waals surface area contributed by atoms with Gasteiger partial charge in [-0.2, -0.15) is 0 Å². The van der Waals surface area contributed by atoms with Crippen LogP contribution in [0.4, 0.5) is 5.69 Å². The summed E-state index contributed by atoms with van der Waals surface area (Å²) >= 11 is 0. The van der Waals surface area contributed by atoms with Gasteiger partial charge in [-0.15, -0.1) is 0 Å². The summed E-state index contributed by atoms with van der Waals surface area (Å²) in [6, 6.07) is 14.6. The number of rotatable bonds is 6. The predicted octanol–water partition coefficient (Wildman–Crippen LogP) is 1.64. The number of carbonyl (C=O) groups is 2. The second-order valence-corrected chi connectivity index (χ2v) is 6.57. The molecular formula is C20H23N3O4. The number of amides is 2. The Morgan fingerprint density at radius 3 is 2.67 bits per heavy atom. The van der Waals surface area contributed by atoms with E-state index in [0.717, 1.165) is 5.56 Å². The summed E-state index contributed by atoms with van der Waals surface area (Å²) in [5, 5.41) is 5.69.